The zero-order valence-corrected chi connectivity index (χ0v) is 40.9. The smallest absolute Gasteiger partial charge is 0.0318 e. The van der Waals surface area contributed by atoms with E-state index in [1.807, 2.05) is 0 Å². The van der Waals surface area contributed by atoms with Crippen LogP contribution in [0.2, 0.25) is 0 Å². The molecule has 20 aliphatic carbocycles. The molecule has 0 aromatic rings. The van der Waals surface area contributed by atoms with Gasteiger partial charge >= 0.3 is 0 Å². The van der Waals surface area contributed by atoms with Gasteiger partial charge in [0, 0.05) is 0 Å². The monoisotopic (exact) mass is 821 g/mol. The van der Waals surface area contributed by atoms with Crippen LogP contribution in [0.3, 0.4) is 0 Å². The molecule has 6 unspecified atom stereocenters. The molecule has 6 atom stereocenters. The Kier molecular flexibility index (Phi) is 12.1. The van der Waals surface area contributed by atoms with Gasteiger partial charge in [-0.05, 0) is 321 Å². The first-order valence-electron chi connectivity index (χ1n) is 28.8. The lowest BCUT2D eigenvalue weighted by molar-refractivity contribution is -0.0413. The fraction of sp³-hybridized carbons (Fsp3) is 1.00. The summed E-state index contributed by atoms with van der Waals surface area (Å²) in [6.45, 7) is 14.9. The van der Waals surface area contributed by atoms with Crippen LogP contribution in [0, 0.1) is 141 Å². The van der Waals surface area contributed by atoms with Gasteiger partial charge in [-0.3, -0.25) is 0 Å². The molecule has 0 spiro atoms. The number of fused-ring (bicyclic) bond motifs is 4. The molecule has 20 saturated carbocycles. The topological polar surface area (TPSA) is 0 Å². The maximum atomic E-state index is 2.54. The molecule has 0 saturated heterocycles. The highest BCUT2D eigenvalue weighted by atomic mass is 14.6. The molecule has 20 bridgehead atoms. The molecule has 0 nitrogen and oxygen atoms in total. The molecule has 0 aliphatic heterocycles. The Labute approximate surface area is 373 Å². The molecule has 0 amide bonds. The Hall–Kier alpha value is 0. The highest BCUT2D eigenvalue weighted by Gasteiger charge is 2.50. The number of hydrogen-bond donors (Lipinski definition) is 0. The van der Waals surface area contributed by atoms with Gasteiger partial charge in [-0.15, -0.1) is 0 Å². The molecule has 0 heteroatoms. The Morgan fingerprint density at radius 3 is 0.633 bits per heavy atom. The largest absolute Gasteiger partial charge is 0.0622 e. The summed E-state index contributed by atoms with van der Waals surface area (Å²) in [6, 6.07) is 0. The third-order valence-electron chi connectivity index (χ3n) is 24.3. The van der Waals surface area contributed by atoms with Crippen molar-refractivity contribution >= 4 is 0 Å². The van der Waals surface area contributed by atoms with Crippen molar-refractivity contribution in [2.75, 3.05) is 0 Å². The summed E-state index contributed by atoms with van der Waals surface area (Å²) in [5.41, 5.74) is 1.60. The van der Waals surface area contributed by atoms with Crippen molar-refractivity contribution in [1.29, 1.82) is 0 Å². The number of hydrogen-bond acceptors (Lipinski definition) is 0. The van der Waals surface area contributed by atoms with Crippen molar-refractivity contribution in [3.8, 4) is 0 Å². The minimum absolute atomic E-state index is 0.800. The summed E-state index contributed by atoms with van der Waals surface area (Å²) in [4.78, 5) is 0. The first kappa shape index (κ1) is 42.6. The van der Waals surface area contributed by atoms with Crippen LogP contribution in [0.4, 0.5) is 0 Å². The highest BCUT2D eigenvalue weighted by Crippen LogP contribution is 2.62. The fourth-order valence-electron chi connectivity index (χ4n) is 22.6. The van der Waals surface area contributed by atoms with Gasteiger partial charge in [0.15, 0.2) is 0 Å². The van der Waals surface area contributed by atoms with Crippen LogP contribution in [-0.2, 0) is 0 Å². The van der Waals surface area contributed by atoms with Crippen LogP contribution in [0.15, 0.2) is 0 Å². The van der Waals surface area contributed by atoms with Gasteiger partial charge in [0.2, 0.25) is 0 Å². The second kappa shape index (κ2) is 17.0. The first-order chi connectivity index (χ1) is 28.8. The molecule has 20 rings (SSSR count). The molecule has 20 aliphatic rings. The maximum absolute atomic E-state index is 2.54. The van der Waals surface area contributed by atoms with Gasteiger partial charge in [-0.2, -0.15) is 0 Å². The highest BCUT2D eigenvalue weighted by molar-refractivity contribution is 5.01. The molecule has 0 N–H and O–H groups in total. The van der Waals surface area contributed by atoms with Crippen LogP contribution < -0.4 is 0 Å². The molecule has 0 aromatic carbocycles. The van der Waals surface area contributed by atoms with E-state index < -0.39 is 0 Å². The molecule has 0 heterocycles. The van der Waals surface area contributed by atoms with E-state index in [2.05, 4.69) is 41.5 Å². The van der Waals surface area contributed by atoms with Crippen molar-refractivity contribution < 1.29 is 0 Å². The number of rotatable bonds is 0. The molecule has 0 aromatic heterocycles. The quantitative estimate of drug-likeness (QED) is 0.228. The Balaban J connectivity index is 0.0000000821. The average molecular weight is 821 g/mol. The predicted octanol–water partition coefficient (Wildman–Crippen LogP) is 17.5. The minimum Gasteiger partial charge on any atom is -0.0622 e. The van der Waals surface area contributed by atoms with E-state index in [0.29, 0.717) is 0 Å². The van der Waals surface area contributed by atoms with Crippen molar-refractivity contribution in [3.63, 3.8) is 0 Å². The molecular formula is C60H100. The summed E-state index contributed by atoms with van der Waals surface area (Å²) in [5, 5.41) is 0. The molecular weight excluding hydrogens is 721 g/mol. The van der Waals surface area contributed by atoms with Crippen LogP contribution in [0.5, 0.6) is 0 Å². The fourth-order valence-corrected chi connectivity index (χ4v) is 22.6. The lowest BCUT2D eigenvalue weighted by Gasteiger charge is -2.55. The van der Waals surface area contributed by atoms with E-state index in [9.17, 15) is 0 Å². The zero-order chi connectivity index (χ0) is 40.9. The van der Waals surface area contributed by atoms with Crippen molar-refractivity contribution in [2.45, 2.75) is 234 Å². The van der Waals surface area contributed by atoms with Gasteiger partial charge in [-0.1, -0.05) is 54.4 Å². The van der Waals surface area contributed by atoms with Gasteiger partial charge in [0.25, 0.3) is 0 Å². The van der Waals surface area contributed by atoms with Crippen molar-refractivity contribution in [3.05, 3.63) is 0 Å². The summed E-state index contributed by atoms with van der Waals surface area (Å²) in [5.74, 6) is 25.0. The van der Waals surface area contributed by atoms with Gasteiger partial charge < -0.3 is 0 Å². The maximum Gasteiger partial charge on any atom is -0.0318 e. The van der Waals surface area contributed by atoms with Crippen LogP contribution in [0.25, 0.3) is 0 Å². The molecule has 340 valence electrons. The van der Waals surface area contributed by atoms with Crippen molar-refractivity contribution in [1.82, 2.24) is 0 Å². The Bertz CT molecular complexity index is 1210. The van der Waals surface area contributed by atoms with E-state index in [1.54, 1.807) is 193 Å². The Morgan fingerprint density at radius 1 is 0.233 bits per heavy atom. The molecule has 60 heavy (non-hydrogen) atoms. The van der Waals surface area contributed by atoms with E-state index in [-0.39, 0.29) is 0 Å². The Morgan fingerprint density at radius 2 is 0.467 bits per heavy atom. The molecule has 20 fully saturated rings. The molecule has 0 radical (unpaired) electrons. The van der Waals surface area contributed by atoms with Gasteiger partial charge in [0.1, 0.15) is 0 Å². The normalized spacial score (nSPS) is 58.3. The SMILES string of the molecule is CC12CC3CC(CC(C3)C1)C2.CC12CC3CC(CC(C3)C1)C2.CC1C2CC3CC(C2)CC1C3.CC1C2CC3CC(C2)CC1C3.CC1CC2CCC1C2.CC1CC2CCC1C2. The predicted molar refractivity (Wildman–Crippen MR) is 254 cm³/mol. The van der Waals surface area contributed by atoms with E-state index in [1.165, 1.54) is 0 Å². The lowest BCUT2D eigenvalue weighted by Crippen LogP contribution is -2.44. The summed E-state index contributed by atoms with van der Waals surface area (Å²) in [6.07, 6.45) is 47.3. The zero-order valence-electron chi connectivity index (χ0n) is 40.9. The third kappa shape index (κ3) is 9.09. The standard InChI is InChI=1S/4C11H18.2C8H14/c2*1-11-5-8-2-9(6-11)4-10(3-8)7-11;2*1-7-10-3-8-2-9(5-10)6-11(7)4-8;2*1-6-4-7-2-3-8(6)5-7/h2*8-10H,2-7H2,1H3;2*7-11H,2-6H2,1H3;2*6-8H,2-5H2,1H3. The summed E-state index contributed by atoms with van der Waals surface area (Å²) in [7, 11) is 0. The second-order valence-corrected chi connectivity index (χ2v) is 29.3. The van der Waals surface area contributed by atoms with E-state index >= 15 is 0 Å². The van der Waals surface area contributed by atoms with E-state index in [4.69, 9.17) is 0 Å². The van der Waals surface area contributed by atoms with Crippen molar-refractivity contribution in [2.24, 2.45) is 141 Å². The van der Waals surface area contributed by atoms with Gasteiger partial charge in [0.05, 0.1) is 0 Å². The van der Waals surface area contributed by atoms with Crippen LogP contribution >= 0.6 is 0 Å². The second-order valence-electron chi connectivity index (χ2n) is 29.3. The first-order valence-corrected chi connectivity index (χ1v) is 28.8. The van der Waals surface area contributed by atoms with Gasteiger partial charge in [-0.25, -0.2) is 0 Å². The average Bonchev–Trinajstić information content (AvgIpc) is 3.99. The summed E-state index contributed by atoms with van der Waals surface area (Å²) < 4.78 is 0. The lowest BCUT2D eigenvalue weighted by atomic mass is 9.50. The minimum atomic E-state index is 0.800. The van der Waals surface area contributed by atoms with Crippen LogP contribution in [-0.4, -0.2) is 0 Å². The summed E-state index contributed by atoms with van der Waals surface area (Å²) >= 11 is 0. The third-order valence-corrected chi connectivity index (χ3v) is 24.3. The van der Waals surface area contributed by atoms with Crippen LogP contribution in [0.1, 0.15) is 234 Å². The van der Waals surface area contributed by atoms with E-state index in [0.717, 1.165) is 141 Å².